The van der Waals surface area contributed by atoms with E-state index in [0.29, 0.717) is 5.82 Å². The van der Waals surface area contributed by atoms with Crippen molar-refractivity contribution in [2.24, 2.45) is 0 Å². The molecule has 0 unspecified atom stereocenters. The lowest BCUT2D eigenvalue weighted by Crippen LogP contribution is -2.47. The molecule has 0 spiro atoms. The smallest absolute Gasteiger partial charge is 0.354 e. The molecule has 1 aromatic heterocycles. The molecule has 1 aliphatic rings. The number of piperazine rings is 1. The van der Waals surface area contributed by atoms with Crippen molar-refractivity contribution in [1.29, 1.82) is 0 Å². The van der Waals surface area contributed by atoms with Gasteiger partial charge in [0.15, 0.2) is 5.69 Å². The van der Waals surface area contributed by atoms with Crippen LogP contribution in [0, 0.1) is 0 Å². The van der Waals surface area contributed by atoms with Gasteiger partial charge in [-0.25, -0.2) is 9.78 Å². The topological polar surface area (TPSA) is 65.9 Å². The third-order valence-electron chi connectivity index (χ3n) is 3.98. The fourth-order valence-electron chi connectivity index (χ4n) is 2.79. The van der Waals surface area contributed by atoms with Gasteiger partial charge >= 0.3 is 5.97 Å². The van der Waals surface area contributed by atoms with E-state index in [2.05, 4.69) is 20.9 Å². The predicted molar refractivity (Wildman–Crippen MR) is 88.6 cm³/mol. The van der Waals surface area contributed by atoms with Crippen LogP contribution in [0.2, 0.25) is 0 Å². The van der Waals surface area contributed by atoms with Gasteiger partial charge < -0.3 is 19.6 Å². The fourth-order valence-corrected chi connectivity index (χ4v) is 2.79. The Morgan fingerprint density at radius 3 is 2.43 bits per heavy atom. The van der Waals surface area contributed by atoms with Crippen molar-refractivity contribution in [2.75, 3.05) is 43.1 Å². The Balaban J connectivity index is 1.71. The van der Waals surface area contributed by atoms with E-state index in [1.54, 1.807) is 13.2 Å². The minimum absolute atomic E-state index is 0.0784. The summed E-state index contributed by atoms with van der Waals surface area (Å²) in [6, 6.07) is 13.1. The van der Waals surface area contributed by atoms with Crippen LogP contribution in [0.25, 0.3) is 0 Å². The molecule has 2 heterocycles. The highest BCUT2D eigenvalue weighted by Gasteiger charge is 2.21. The average molecular weight is 313 g/mol. The molecule has 0 aliphatic carbocycles. The summed E-state index contributed by atoms with van der Waals surface area (Å²) in [5, 5.41) is 9.05. The molecule has 0 saturated carbocycles. The molecule has 0 amide bonds. The molecule has 1 N–H and O–H groups in total. The minimum Gasteiger partial charge on any atom is -0.495 e. The second-order valence-electron chi connectivity index (χ2n) is 5.33. The van der Waals surface area contributed by atoms with Crippen molar-refractivity contribution < 1.29 is 14.6 Å². The number of hydrogen-bond donors (Lipinski definition) is 1. The molecule has 2 aromatic rings. The van der Waals surface area contributed by atoms with E-state index in [4.69, 9.17) is 9.84 Å². The molecular weight excluding hydrogens is 294 g/mol. The molecule has 120 valence electrons. The van der Waals surface area contributed by atoms with Gasteiger partial charge in [0.1, 0.15) is 11.6 Å². The third kappa shape index (κ3) is 3.21. The normalized spacial score (nSPS) is 14.7. The Morgan fingerprint density at radius 1 is 1.04 bits per heavy atom. The molecule has 1 saturated heterocycles. The van der Waals surface area contributed by atoms with Crippen LogP contribution in [-0.2, 0) is 0 Å². The highest BCUT2D eigenvalue weighted by atomic mass is 16.5. The summed E-state index contributed by atoms with van der Waals surface area (Å²) in [7, 11) is 1.68. The maximum Gasteiger partial charge on any atom is 0.354 e. The zero-order valence-corrected chi connectivity index (χ0v) is 13.0. The molecule has 0 radical (unpaired) electrons. The number of benzene rings is 1. The lowest BCUT2D eigenvalue weighted by Gasteiger charge is -2.37. The lowest BCUT2D eigenvalue weighted by molar-refractivity contribution is 0.0690. The van der Waals surface area contributed by atoms with Crippen LogP contribution in [0.5, 0.6) is 5.75 Å². The Bertz CT molecular complexity index is 697. The van der Waals surface area contributed by atoms with Crippen molar-refractivity contribution in [3.8, 4) is 5.75 Å². The first-order valence-corrected chi connectivity index (χ1v) is 7.52. The van der Waals surface area contributed by atoms with Gasteiger partial charge in [-0.05, 0) is 24.3 Å². The SMILES string of the molecule is COc1ccccc1N1CCN(c2cccc(C(=O)O)n2)CC1. The van der Waals surface area contributed by atoms with Gasteiger partial charge in [0.05, 0.1) is 12.8 Å². The first kappa shape index (κ1) is 15.1. The maximum absolute atomic E-state index is 11.0. The predicted octanol–water partition coefficient (Wildman–Crippen LogP) is 2.12. The summed E-state index contributed by atoms with van der Waals surface area (Å²) in [5.41, 5.74) is 1.16. The monoisotopic (exact) mass is 313 g/mol. The lowest BCUT2D eigenvalue weighted by atomic mass is 10.2. The molecule has 1 fully saturated rings. The quantitative estimate of drug-likeness (QED) is 0.932. The van der Waals surface area contributed by atoms with Crippen LogP contribution in [0.1, 0.15) is 10.5 Å². The summed E-state index contributed by atoms with van der Waals surface area (Å²) < 4.78 is 5.42. The van der Waals surface area contributed by atoms with E-state index in [9.17, 15) is 4.79 Å². The van der Waals surface area contributed by atoms with Gasteiger partial charge in [0.25, 0.3) is 0 Å². The van der Waals surface area contributed by atoms with Crippen LogP contribution >= 0.6 is 0 Å². The van der Waals surface area contributed by atoms with Gasteiger partial charge in [-0.2, -0.15) is 0 Å². The number of nitrogens with zero attached hydrogens (tertiary/aromatic N) is 3. The number of pyridine rings is 1. The van der Waals surface area contributed by atoms with E-state index in [0.717, 1.165) is 37.6 Å². The van der Waals surface area contributed by atoms with Crippen LogP contribution in [-0.4, -0.2) is 49.3 Å². The van der Waals surface area contributed by atoms with Crippen LogP contribution < -0.4 is 14.5 Å². The molecule has 6 heteroatoms. The zero-order chi connectivity index (χ0) is 16.2. The van der Waals surface area contributed by atoms with Gasteiger partial charge in [0, 0.05) is 26.2 Å². The largest absolute Gasteiger partial charge is 0.495 e. The third-order valence-corrected chi connectivity index (χ3v) is 3.98. The number of carboxylic acid groups (broad SMARTS) is 1. The Morgan fingerprint density at radius 2 is 1.74 bits per heavy atom. The highest BCUT2D eigenvalue weighted by Crippen LogP contribution is 2.28. The second kappa shape index (κ2) is 6.56. The standard InChI is InChI=1S/C17H19N3O3/c1-23-15-7-3-2-6-14(15)19-9-11-20(12-10-19)16-8-4-5-13(18-16)17(21)22/h2-8H,9-12H2,1H3,(H,21,22). The van der Waals surface area contributed by atoms with Crippen LogP contribution in [0.15, 0.2) is 42.5 Å². The van der Waals surface area contributed by atoms with Crippen LogP contribution in [0.3, 0.4) is 0 Å². The van der Waals surface area contributed by atoms with Crippen molar-refractivity contribution in [2.45, 2.75) is 0 Å². The number of carboxylic acids is 1. The van der Waals surface area contributed by atoms with E-state index in [1.165, 1.54) is 6.07 Å². The second-order valence-corrected chi connectivity index (χ2v) is 5.33. The Kier molecular flexibility index (Phi) is 4.32. The number of methoxy groups -OCH3 is 1. The maximum atomic E-state index is 11.0. The molecule has 0 atom stereocenters. The summed E-state index contributed by atoms with van der Waals surface area (Å²) in [4.78, 5) is 19.6. The Hall–Kier alpha value is -2.76. The summed E-state index contributed by atoms with van der Waals surface area (Å²) in [6.07, 6.45) is 0. The van der Waals surface area contributed by atoms with E-state index < -0.39 is 5.97 Å². The van der Waals surface area contributed by atoms with E-state index >= 15 is 0 Å². The summed E-state index contributed by atoms with van der Waals surface area (Å²) in [6.45, 7) is 3.24. The first-order chi connectivity index (χ1) is 11.2. The number of aromatic carboxylic acids is 1. The summed E-state index contributed by atoms with van der Waals surface area (Å²) in [5.74, 6) is 0.580. The van der Waals surface area contributed by atoms with Gasteiger partial charge in [-0.15, -0.1) is 0 Å². The molecule has 6 nitrogen and oxygen atoms in total. The number of hydrogen-bond acceptors (Lipinski definition) is 5. The van der Waals surface area contributed by atoms with Crippen molar-refractivity contribution in [1.82, 2.24) is 4.98 Å². The first-order valence-electron chi connectivity index (χ1n) is 7.52. The number of ether oxygens (including phenoxy) is 1. The molecule has 1 aliphatic heterocycles. The zero-order valence-electron chi connectivity index (χ0n) is 13.0. The number of aromatic nitrogens is 1. The number of para-hydroxylation sites is 2. The Labute approximate surface area is 134 Å². The van der Waals surface area contributed by atoms with Gasteiger partial charge in [-0.1, -0.05) is 18.2 Å². The molecule has 3 rings (SSSR count). The van der Waals surface area contributed by atoms with Crippen molar-refractivity contribution in [3.63, 3.8) is 0 Å². The van der Waals surface area contributed by atoms with Crippen LogP contribution in [0.4, 0.5) is 11.5 Å². The average Bonchev–Trinajstić information content (AvgIpc) is 2.62. The summed E-state index contributed by atoms with van der Waals surface area (Å²) >= 11 is 0. The molecule has 23 heavy (non-hydrogen) atoms. The van der Waals surface area contributed by atoms with E-state index in [-0.39, 0.29) is 5.69 Å². The molecular formula is C17H19N3O3. The number of carbonyl (C=O) groups is 1. The van der Waals surface area contributed by atoms with Gasteiger partial charge in [-0.3, -0.25) is 0 Å². The molecule has 0 bridgehead atoms. The fraction of sp³-hybridized carbons (Fsp3) is 0.294. The van der Waals surface area contributed by atoms with Crippen molar-refractivity contribution >= 4 is 17.5 Å². The van der Waals surface area contributed by atoms with E-state index in [1.807, 2.05) is 24.3 Å². The number of rotatable bonds is 4. The van der Waals surface area contributed by atoms with Gasteiger partial charge in [0.2, 0.25) is 0 Å². The highest BCUT2D eigenvalue weighted by molar-refractivity contribution is 5.85. The number of anilines is 2. The minimum atomic E-state index is -1.00. The van der Waals surface area contributed by atoms with Crippen molar-refractivity contribution in [3.05, 3.63) is 48.2 Å². The molecule has 1 aromatic carbocycles.